The lowest BCUT2D eigenvalue weighted by Gasteiger charge is -2.07. The Morgan fingerprint density at radius 3 is 2.58 bits per heavy atom. The van der Waals surface area contributed by atoms with E-state index in [2.05, 4.69) is 30.4 Å². The number of carbonyl (C=O) groups excluding carboxylic acids is 1. The van der Waals surface area contributed by atoms with Gasteiger partial charge in [-0.15, -0.1) is 11.8 Å². The highest BCUT2D eigenvalue weighted by Gasteiger charge is 2.05. The third-order valence-corrected chi connectivity index (χ3v) is 4.43. The number of carboxylic acids is 1. The molecule has 126 valence electrons. The molecule has 0 aliphatic carbocycles. The fourth-order valence-corrected chi connectivity index (χ4v) is 3.09. The topological polar surface area (TPSA) is 66.4 Å². The van der Waals surface area contributed by atoms with Gasteiger partial charge in [0.25, 0.3) is 0 Å². The quantitative estimate of drug-likeness (QED) is 0.763. The van der Waals surface area contributed by atoms with E-state index >= 15 is 0 Å². The smallest absolute Gasteiger partial charge is 0.303 e. The molecule has 5 heteroatoms. The molecule has 2 aromatic rings. The van der Waals surface area contributed by atoms with E-state index in [-0.39, 0.29) is 12.3 Å². The summed E-state index contributed by atoms with van der Waals surface area (Å²) in [7, 11) is 0. The number of thioether (sulfide) groups is 1. The van der Waals surface area contributed by atoms with Gasteiger partial charge in [0.15, 0.2) is 0 Å². The van der Waals surface area contributed by atoms with Crippen molar-refractivity contribution >= 4 is 29.3 Å². The van der Waals surface area contributed by atoms with Crippen LogP contribution >= 0.6 is 11.8 Å². The predicted molar refractivity (Wildman–Crippen MR) is 98.4 cm³/mol. The van der Waals surface area contributed by atoms with E-state index in [0.29, 0.717) is 17.9 Å². The van der Waals surface area contributed by atoms with Gasteiger partial charge in [-0.25, -0.2) is 0 Å². The number of rotatable bonds is 8. The molecule has 0 saturated carbocycles. The van der Waals surface area contributed by atoms with Gasteiger partial charge in [-0.2, -0.15) is 0 Å². The zero-order chi connectivity index (χ0) is 17.4. The maximum atomic E-state index is 12.0. The molecular formula is C19H21NO3S. The number of amides is 1. The number of hydrogen-bond donors (Lipinski definition) is 2. The van der Waals surface area contributed by atoms with Gasteiger partial charge in [-0.05, 0) is 36.6 Å². The van der Waals surface area contributed by atoms with Crippen molar-refractivity contribution in [2.75, 3.05) is 11.1 Å². The molecule has 0 bridgehead atoms. The van der Waals surface area contributed by atoms with Gasteiger partial charge >= 0.3 is 5.97 Å². The van der Waals surface area contributed by atoms with Crippen LogP contribution in [0.1, 0.15) is 23.1 Å². The van der Waals surface area contributed by atoms with E-state index in [1.807, 2.05) is 30.3 Å². The zero-order valence-corrected chi connectivity index (χ0v) is 14.4. The van der Waals surface area contributed by atoms with Crippen LogP contribution < -0.4 is 5.32 Å². The first kappa shape index (κ1) is 18.1. The Balaban J connectivity index is 1.79. The van der Waals surface area contributed by atoms with Crippen LogP contribution in [0.2, 0.25) is 0 Å². The number of carboxylic acid groups (broad SMARTS) is 1. The highest BCUT2D eigenvalue weighted by Crippen LogP contribution is 2.16. The van der Waals surface area contributed by atoms with Crippen LogP contribution in [-0.4, -0.2) is 22.7 Å². The lowest BCUT2D eigenvalue weighted by molar-refractivity contribution is -0.137. The molecule has 2 N–H and O–H groups in total. The van der Waals surface area contributed by atoms with Gasteiger partial charge < -0.3 is 10.4 Å². The summed E-state index contributed by atoms with van der Waals surface area (Å²) in [6.45, 7) is 2.05. The molecule has 0 fully saturated rings. The lowest BCUT2D eigenvalue weighted by atomic mass is 10.1. The maximum Gasteiger partial charge on any atom is 0.303 e. The number of nitrogens with one attached hydrogen (secondary N) is 1. The van der Waals surface area contributed by atoms with Crippen LogP contribution in [0.3, 0.4) is 0 Å². The first-order valence-corrected chi connectivity index (χ1v) is 8.92. The SMILES string of the molecule is Cc1cccc(CSCC(=O)Nc2cccc(CCC(=O)O)c2)c1. The average Bonchev–Trinajstić information content (AvgIpc) is 2.53. The average molecular weight is 343 g/mol. The molecule has 0 aliphatic heterocycles. The van der Waals surface area contributed by atoms with Crippen LogP contribution in [-0.2, 0) is 21.8 Å². The fourth-order valence-electron chi connectivity index (χ4n) is 2.32. The lowest BCUT2D eigenvalue weighted by Crippen LogP contribution is -2.14. The Hall–Kier alpha value is -2.27. The molecule has 24 heavy (non-hydrogen) atoms. The van der Waals surface area contributed by atoms with Crippen LogP contribution in [0.25, 0.3) is 0 Å². The second kappa shape index (κ2) is 9.13. The monoisotopic (exact) mass is 343 g/mol. The van der Waals surface area contributed by atoms with Crippen molar-refractivity contribution in [2.24, 2.45) is 0 Å². The van der Waals surface area contributed by atoms with Crippen molar-refractivity contribution in [2.45, 2.75) is 25.5 Å². The number of anilines is 1. The van der Waals surface area contributed by atoms with Crippen molar-refractivity contribution in [3.8, 4) is 0 Å². The first-order valence-electron chi connectivity index (χ1n) is 7.77. The van der Waals surface area contributed by atoms with Crippen molar-refractivity contribution in [3.63, 3.8) is 0 Å². The second-order valence-corrected chi connectivity index (χ2v) is 6.61. The number of hydrogen-bond acceptors (Lipinski definition) is 3. The van der Waals surface area contributed by atoms with E-state index in [1.54, 1.807) is 11.8 Å². The number of aryl methyl sites for hydroxylation is 2. The maximum absolute atomic E-state index is 12.0. The highest BCUT2D eigenvalue weighted by molar-refractivity contribution is 7.99. The molecule has 4 nitrogen and oxygen atoms in total. The minimum atomic E-state index is -0.822. The first-order chi connectivity index (χ1) is 11.5. The van der Waals surface area contributed by atoms with Crippen molar-refractivity contribution in [1.82, 2.24) is 0 Å². The van der Waals surface area contributed by atoms with Gasteiger partial charge in [-0.3, -0.25) is 9.59 Å². The molecule has 0 aliphatic rings. The van der Waals surface area contributed by atoms with E-state index in [4.69, 9.17) is 5.11 Å². The Bertz CT molecular complexity index is 715. The van der Waals surface area contributed by atoms with Crippen LogP contribution in [0.15, 0.2) is 48.5 Å². The van der Waals surface area contributed by atoms with E-state index < -0.39 is 5.97 Å². The summed E-state index contributed by atoms with van der Waals surface area (Å²) in [5.41, 5.74) is 4.04. The van der Waals surface area contributed by atoms with Gasteiger partial charge in [0.05, 0.1) is 5.75 Å². The summed E-state index contributed by atoms with van der Waals surface area (Å²) in [5, 5.41) is 11.6. The van der Waals surface area contributed by atoms with Gasteiger partial charge in [-0.1, -0.05) is 42.0 Å². The minimum absolute atomic E-state index is 0.0527. The summed E-state index contributed by atoms with van der Waals surface area (Å²) in [5.74, 6) is 0.307. The van der Waals surface area contributed by atoms with Gasteiger partial charge in [0.1, 0.15) is 0 Å². The molecule has 1 amide bonds. The van der Waals surface area contributed by atoms with Crippen LogP contribution in [0, 0.1) is 6.92 Å². The molecule has 0 spiro atoms. The van der Waals surface area contributed by atoms with Gasteiger partial charge in [0.2, 0.25) is 5.91 Å². The van der Waals surface area contributed by atoms with Crippen LogP contribution in [0.5, 0.6) is 0 Å². The summed E-state index contributed by atoms with van der Waals surface area (Å²) in [4.78, 5) is 22.6. The molecular weight excluding hydrogens is 322 g/mol. The largest absolute Gasteiger partial charge is 0.481 e. The minimum Gasteiger partial charge on any atom is -0.481 e. The Morgan fingerprint density at radius 1 is 1.08 bits per heavy atom. The molecule has 0 unspecified atom stereocenters. The summed E-state index contributed by atoms with van der Waals surface area (Å²) < 4.78 is 0. The number of benzene rings is 2. The molecule has 2 aromatic carbocycles. The Morgan fingerprint density at radius 2 is 1.83 bits per heavy atom. The molecule has 0 radical (unpaired) electrons. The Labute approximate surface area is 146 Å². The third-order valence-electron chi connectivity index (χ3n) is 3.42. The van der Waals surface area contributed by atoms with Crippen LogP contribution in [0.4, 0.5) is 5.69 Å². The van der Waals surface area contributed by atoms with E-state index in [1.165, 1.54) is 11.1 Å². The fraction of sp³-hybridized carbons (Fsp3) is 0.263. The molecule has 0 heterocycles. The highest BCUT2D eigenvalue weighted by atomic mass is 32.2. The second-order valence-electron chi connectivity index (χ2n) is 5.62. The van der Waals surface area contributed by atoms with E-state index in [0.717, 1.165) is 11.3 Å². The molecule has 2 rings (SSSR count). The molecule has 0 atom stereocenters. The summed E-state index contributed by atoms with van der Waals surface area (Å²) in [6.07, 6.45) is 0.547. The normalized spacial score (nSPS) is 10.4. The predicted octanol–water partition coefficient (Wildman–Crippen LogP) is 3.88. The van der Waals surface area contributed by atoms with Crippen molar-refractivity contribution < 1.29 is 14.7 Å². The Kier molecular flexibility index (Phi) is 6.88. The third kappa shape index (κ3) is 6.46. The van der Waals surface area contributed by atoms with Gasteiger partial charge in [0, 0.05) is 17.9 Å². The summed E-state index contributed by atoms with van der Waals surface area (Å²) in [6, 6.07) is 15.6. The number of aliphatic carboxylic acids is 1. The molecule has 0 saturated heterocycles. The summed E-state index contributed by atoms with van der Waals surface area (Å²) >= 11 is 1.57. The van der Waals surface area contributed by atoms with E-state index in [9.17, 15) is 9.59 Å². The zero-order valence-electron chi connectivity index (χ0n) is 13.6. The molecule has 0 aromatic heterocycles. The standard InChI is InChI=1S/C19H21NO3S/c1-14-4-2-6-16(10-14)12-24-13-18(21)20-17-7-3-5-15(11-17)8-9-19(22)23/h2-7,10-11H,8-9,12-13H2,1H3,(H,20,21)(H,22,23). The van der Waals surface area contributed by atoms with Crippen molar-refractivity contribution in [1.29, 1.82) is 0 Å². The number of carbonyl (C=O) groups is 2. The van der Waals surface area contributed by atoms with Crippen molar-refractivity contribution in [3.05, 3.63) is 65.2 Å².